The van der Waals surface area contributed by atoms with Gasteiger partial charge in [0.1, 0.15) is 17.8 Å². The van der Waals surface area contributed by atoms with Crippen molar-refractivity contribution in [2.24, 2.45) is 12.8 Å². The van der Waals surface area contributed by atoms with Crippen LogP contribution in [-0.4, -0.2) is 30.2 Å². The second-order valence-electron chi connectivity index (χ2n) is 7.42. The highest BCUT2D eigenvalue weighted by molar-refractivity contribution is 6.02. The molecule has 142 valence electrons. The van der Waals surface area contributed by atoms with Gasteiger partial charge in [-0.25, -0.2) is 14.6 Å². The standard InChI is InChI=1S/C20H21N7O/c1-26-14-9-12(19(22)28)7-6-11(14)8-15(26)17-16-18(21)23-10-24-20(16)27(25-17)13-4-2-3-5-13/h6-10,13H,2-5H2,1H3,(H2,22,28)(H2,21,23,24). The summed E-state index contributed by atoms with van der Waals surface area (Å²) in [4.78, 5) is 20.3. The molecule has 4 N–H and O–H groups in total. The van der Waals surface area contributed by atoms with Crippen LogP contribution in [0.25, 0.3) is 33.3 Å². The summed E-state index contributed by atoms with van der Waals surface area (Å²) in [6.45, 7) is 0. The molecule has 0 bridgehead atoms. The lowest BCUT2D eigenvalue weighted by atomic mass is 10.1. The Morgan fingerprint density at radius 2 is 1.96 bits per heavy atom. The number of rotatable bonds is 3. The van der Waals surface area contributed by atoms with E-state index in [1.807, 2.05) is 28.4 Å². The Morgan fingerprint density at radius 3 is 2.71 bits per heavy atom. The minimum absolute atomic E-state index is 0.335. The molecule has 1 saturated carbocycles. The summed E-state index contributed by atoms with van der Waals surface area (Å²) in [6.07, 6.45) is 6.08. The maximum Gasteiger partial charge on any atom is 0.248 e. The Morgan fingerprint density at radius 1 is 1.18 bits per heavy atom. The van der Waals surface area contributed by atoms with Crippen molar-refractivity contribution in [2.75, 3.05) is 5.73 Å². The molecule has 0 saturated heterocycles. The lowest BCUT2D eigenvalue weighted by molar-refractivity contribution is 0.100. The number of primary amides is 1. The van der Waals surface area contributed by atoms with E-state index in [1.165, 1.54) is 19.2 Å². The minimum atomic E-state index is -0.446. The van der Waals surface area contributed by atoms with Crippen LogP contribution in [0.4, 0.5) is 5.82 Å². The van der Waals surface area contributed by atoms with Gasteiger partial charge in [0, 0.05) is 23.5 Å². The molecule has 0 aliphatic heterocycles. The fourth-order valence-electron chi connectivity index (χ4n) is 4.29. The summed E-state index contributed by atoms with van der Waals surface area (Å²) >= 11 is 0. The molecule has 1 fully saturated rings. The minimum Gasteiger partial charge on any atom is -0.383 e. The number of benzene rings is 1. The molecule has 3 heterocycles. The van der Waals surface area contributed by atoms with Gasteiger partial charge < -0.3 is 16.0 Å². The molecule has 1 aromatic carbocycles. The molecule has 8 heteroatoms. The third-order valence-corrected chi connectivity index (χ3v) is 5.76. The average Bonchev–Trinajstić information content (AvgIpc) is 3.39. The summed E-state index contributed by atoms with van der Waals surface area (Å²) in [5.41, 5.74) is 15.5. The number of aryl methyl sites for hydroxylation is 1. The highest BCUT2D eigenvalue weighted by atomic mass is 16.1. The Hall–Kier alpha value is -3.42. The number of nitrogen functional groups attached to an aromatic ring is 1. The van der Waals surface area contributed by atoms with Crippen molar-refractivity contribution >= 4 is 33.7 Å². The van der Waals surface area contributed by atoms with Crippen LogP contribution >= 0.6 is 0 Å². The molecular weight excluding hydrogens is 354 g/mol. The van der Waals surface area contributed by atoms with Crippen LogP contribution < -0.4 is 11.5 Å². The summed E-state index contributed by atoms with van der Waals surface area (Å²) in [5.74, 6) is -0.0226. The number of aromatic nitrogens is 5. The Labute approximate surface area is 161 Å². The number of carbonyl (C=O) groups is 1. The second-order valence-corrected chi connectivity index (χ2v) is 7.42. The van der Waals surface area contributed by atoms with Crippen LogP contribution in [0.15, 0.2) is 30.6 Å². The van der Waals surface area contributed by atoms with Gasteiger partial charge in [0.25, 0.3) is 0 Å². The number of hydrogen-bond donors (Lipinski definition) is 2. The average molecular weight is 375 g/mol. The van der Waals surface area contributed by atoms with E-state index < -0.39 is 5.91 Å². The molecule has 3 aromatic heterocycles. The third-order valence-electron chi connectivity index (χ3n) is 5.76. The first-order valence-electron chi connectivity index (χ1n) is 9.43. The van der Waals surface area contributed by atoms with E-state index in [2.05, 4.69) is 9.97 Å². The number of amides is 1. The molecule has 1 aliphatic rings. The first kappa shape index (κ1) is 16.7. The van der Waals surface area contributed by atoms with Crippen molar-refractivity contribution in [3.8, 4) is 11.4 Å². The zero-order valence-corrected chi connectivity index (χ0v) is 15.6. The number of nitrogens with two attached hydrogens (primary N) is 2. The van der Waals surface area contributed by atoms with Crippen LogP contribution in [0.1, 0.15) is 42.1 Å². The maximum atomic E-state index is 11.6. The van der Waals surface area contributed by atoms with E-state index in [0.717, 1.165) is 46.2 Å². The second kappa shape index (κ2) is 6.05. The number of carbonyl (C=O) groups excluding carboxylic acids is 1. The smallest absolute Gasteiger partial charge is 0.248 e. The first-order valence-corrected chi connectivity index (χ1v) is 9.43. The van der Waals surface area contributed by atoms with E-state index in [4.69, 9.17) is 16.6 Å². The topological polar surface area (TPSA) is 118 Å². The van der Waals surface area contributed by atoms with E-state index in [0.29, 0.717) is 17.4 Å². The van der Waals surface area contributed by atoms with E-state index >= 15 is 0 Å². The monoisotopic (exact) mass is 375 g/mol. The van der Waals surface area contributed by atoms with E-state index in [1.54, 1.807) is 12.1 Å². The first-order chi connectivity index (χ1) is 13.5. The lowest BCUT2D eigenvalue weighted by Gasteiger charge is -2.10. The van der Waals surface area contributed by atoms with Crippen LogP contribution in [0.5, 0.6) is 0 Å². The number of fused-ring (bicyclic) bond motifs is 2. The van der Waals surface area contributed by atoms with Gasteiger partial charge in [0.15, 0.2) is 5.65 Å². The lowest BCUT2D eigenvalue weighted by Crippen LogP contribution is -2.10. The Bertz CT molecular complexity index is 1230. The van der Waals surface area contributed by atoms with Gasteiger partial charge in [-0.3, -0.25) is 4.79 Å². The predicted molar refractivity (Wildman–Crippen MR) is 108 cm³/mol. The van der Waals surface area contributed by atoms with Crippen molar-refractivity contribution in [1.29, 1.82) is 0 Å². The van der Waals surface area contributed by atoms with Gasteiger partial charge in [-0.15, -0.1) is 0 Å². The van der Waals surface area contributed by atoms with Gasteiger partial charge >= 0.3 is 0 Å². The van der Waals surface area contributed by atoms with Crippen LogP contribution in [0.2, 0.25) is 0 Å². The SMILES string of the molecule is Cn1c(-c2nn(C3CCCC3)c3ncnc(N)c23)cc2ccc(C(N)=O)cc21. The van der Waals surface area contributed by atoms with Crippen molar-refractivity contribution in [3.05, 3.63) is 36.2 Å². The third kappa shape index (κ3) is 2.37. The molecule has 1 aliphatic carbocycles. The van der Waals surface area contributed by atoms with Crippen molar-refractivity contribution < 1.29 is 4.79 Å². The molecule has 28 heavy (non-hydrogen) atoms. The van der Waals surface area contributed by atoms with Crippen molar-refractivity contribution in [3.63, 3.8) is 0 Å². The van der Waals surface area contributed by atoms with E-state index in [9.17, 15) is 4.79 Å². The summed E-state index contributed by atoms with van der Waals surface area (Å²) in [7, 11) is 1.95. The molecule has 1 amide bonds. The molecule has 0 atom stereocenters. The summed E-state index contributed by atoms with van der Waals surface area (Å²) in [6, 6.07) is 7.82. The van der Waals surface area contributed by atoms with Gasteiger partial charge in [-0.1, -0.05) is 18.9 Å². The Balaban J connectivity index is 1.77. The van der Waals surface area contributed by atoms with Crippen LogP contribution in [-0.2, 0) is 7.05 Å². The largest absolute Gasteiger partial charge is 0.383 e. The molecule has 0 radical (unpaired) electrons. The predicted octanol–water partition coefficient (Wildman–Crippen LogP) is 2.78. The number of anilines is 1. The van der Waals surface area contributed by atoms with Crippen LogP contribution in [0.3, 0.4) is 0 Å². The molecule has 0 spiro atoms. The number of nitrogens with zero attached hydrogens (tertiary/aromatic N) is 5. The van der Waals surface area contributed by atoms with Gasteiger partial charge in [0.2, 0.25) is 5.91 Å². The van der Waals surface area contributed by atoms with Crippen LogP contribution in [0, 0.1) is 0 Å². The van der Waals surface area contributed by atoms with Gasteiger partial charge in [0.05, 0.1) is 17.1 Å². The summed E-state index contributed by atoms with van der Waals surface area (Å²) < 4.78 is 4.02. The normalized spacial score (nSPS) is 15.0. The molecule has 4 aromatic rings. The zero-order chi connectivity index (χ0) is 19.4. The zero-order valence-electron chi connectivity index (χ0n) is 15.6. The highest BCUT2D eigenvalue weighted by Gasteiger charge is 2.25. The summed E-state index contributed by atoms with van der Waals surface area (Å²) in [5, 5.41) is 6.71. The highest BCUT2D eigenvalue weighted by Crippen LogP contribution is 2.37. The fraction of sp³-hybridized carbons (Fsp3) is 0.300. The van der Waals surface area contributed by atoms with Crippen molar-refractivity contribution in [2.45, 2.75) is 31.7 Å². The van der Waals surface area contributed by atoms with Gasteiger partial charge in [-0.2, -0.15) is 5.10 Å². The van der Waals surface area contributed by atoms with Gasteiger partial charge in [-0.05, 0) is 31.0 Å². The molecule has 5 rings (SSSR count). The quantitative estimate of drug-likeness (QED) is 0.571. The van der Waals surface area contributed by atoms with Crippen molar-refractivity contribution in [1.82, 2.24) is 24.3 Å². The molecule has 8 nitrogen and oxygen atoms in total. The number of hydrogen-bond acceptors (Lipinski definition) is 5. The van der Waals surface area contributed by atoms with E-state index in [-0.39, 0.29) is 0 Å². The molecular formula is C20H21N7O. The Kier molecular flexibility index (Phi) is 3.61. The maximum absolute atomic E-state index is 11.6. The molecule has 0 unspecified atom stereocenters. The fourth-order valence-corrected chi connectivity index (χ4v) is 4.29.